The Bertz CT molecular complexity index is 1330. The fraction of sp³-hybridized carbons (Fsp3) is 0.174. The van der Waals surface area contributed by atoms with Crippen molar-refractivity contribution in [2.24, 2.45) is 0 Å². The van der Waals surface area contributed by atoms with Gasteiger partial charge in [-0.15, -0.1) is 0 Å². The van der Waals surface area contributed by atoms with Gasteiger partial charge in [0.2, 0.25) is 5.91 Å². The van der Waals surface area contributed by atoms with Gasteiger partial charge in [-0.2, -0.15) is 0 Å². The van der Waals surface area contributed by atoms with Crippen LogP contribution in [0.15, 0.2) is 88.7 Å². The van der Waals surface area contributed by atoms with Crippen molar-refractivity contribution >= 4 is 43.1 Å². The van der Waals surface area contributed by atoms with Gasteiger partial charge in [-0.25, -0.2) is 16.8 Å². The second-order valence-corrected chi connectivity index (χ2v) is 11.7. The first-order valence-corrected chi connectivity index (χ1v) is 13.6. The number of hydrogen-bond acceptors (Lipinski definition) is 5. The number of benzene rings is 3. The maximum absolute atomic E-state index is 13.3. The van der Waals surface area contributed by atoms with Gasteiger partial charge < -0.3 is 5.32 Å². The van der Waals surface area contributed by atoms with Gasteiger partial charge in [-0.3, -0.25) is 9.10 Å². The smallest absolute Gasteiger partial charge is 0.264 e. The molecule has 0 heterocycles. The summed E-state index contributed by atoms with van der Waals surface area (Å²) in [5.74, 6) is -0.524. The van der Waals surface area contributed by atoms with Crippen LogP contribution in [0.25, 0.3) is 0 Å². The van der Waals surface area contributed by atoms with Crippen LogP contribution in [-0.2, 0) is 24.7 Å². The SMILES string of the molecule is CC(NC(=O)CN(c1ccc(Cl)cc1)S(=O)(=O)c1ccccc1)c1ccc(S(C)(=O)=O)cc1. The molecular formula is C23H23ClN2O5S2. The highest BCUT2D eigenvalue weighted by molar-refractivity contribution is 7.93. The number of anilines is 1. The Hall–Kier alpha value is -2.88. The lowest BCUT2D eigenvalue weighted by molar-refractivity contribution is -0.120. The van der Waals surface area contributed by atoms with Gasteiger partial charge in [0.25, 0.3) is 10.0 Å². The van der Waals surface area contributed by atoms with Crippen LogP contribution in [0.2, 0.25) is 5.02 Å². The summed E-state index contributed by atoms with van der Waals surface area (Å²) in [5, 5.41) is 3.21. The Morgan fingerprint density at radius 3 is 2.00 bits per heavy atom. The quantitative estimate of drug-likeness (QED) is 0.500. The van der Waals surface area contributed by atoms with Gasteiger partial charge in [-0.05, 0) is 61.0 Å². The summed E-state index contributed by atoms with van der Waals surface area (Å²) in [6.45, 7) is 1.27. The molecule has 1 N–H and O–H groups in total. The molecule has 0 radical (unpaired) electrons. The minimum Gasteiger partial charge on any atom is -0.348 e. The average molecular weight is 507 g/mol. The van der Waals surface area contributed by atoms with Crippen molar-refractivity contribution < 1.29 is 21.6 Å². The van der Waals surface area contributed by atoms with Gasteiger partial charge in [-0.1, -0.05) is 41.9 Å². The molecule has 3 aromatic carbocycles. The third kappa shape index (κ3) is 6.13. The van der Waals surface area contributed by atoms with E-state index in [-0.39, 0.29) is 9.79 Å². The highest BCUT2D eigenvalue weighted by Crippen LogP contribution is 2.25. The Labute approximate surface area is 199 Å². The van der Waals surface area contributed by atoms with E-state index in [9.17, 15) is 21.6 Å². The van der Waals surface area contributed by atoms with Crippen molar-refractivity contribution in [2.45, 2.75) is 22.8 Å². The highest BCUT2D eigenvalue weighted by Gasteiger charge is 2.27. The van der Waals surface area contributed by atoms with Crippen LogP contribution in [0.1, 0.15) is 18.5 Å². The van der Waals surface area contributed by atoms with Crippen molar-refractivity contribution in [1.82, 2.24) is 5.32 Å². The van der Waals surface area contributed by atoms with Crippen LogP contribution in [0.3, 0.4) is 0 Å². The van der Waals surface area contributed by atoms with Crippen molar-refractivity contribution in [2.75, 3.05) is 17.1 Å². The third-order valence-corrected chi connectivity index (χ3v) is 8.09. The molecule has 3 aromatic rings. The van der Waals surface area contributed by atoms with E-state index >= 15 is 0 Å². The van der Waals surface area contributed by atoms with Gasteiger partial charge >= 0.3 is 0 Å². The molecule has 0 bridgehead atoms. The number of halogens is 1. The van der Waals surface area contributed by atoms with E-state index in [1.54, 1.807) is 49.4 Å². The van der Waals surface area contributed by atoms with Gasteiger partial charge in [0.05, 0.1) is 21.5 Å². The molecule has 0 saturated carbocycles. The summed E-state index contributed by atoms with van der Waals surface area (Å²) in [7, 11) is -7.35. The number of carbonyl (C=O) groups is 1. The normalized spacial score (nSPS) is 12.7. The minimum atomic E-state index is -4.02. The lowest BCUT2D eigenvalue weighted by Crippen LogP contribution is -2.41. The predicted octanol–water partition coefficient (Wildman–Crippen LogP) is 3.82. The molecule has 7 nitrogen and oxygen atoms in total. The summed E-state index contributed by atoms with van der Waals surface area (Å²) >= 11 is 5.94. The summed E-state index contributed by atoms with van der Waals surface area (Å²) in [5.41, 5.74) is 0.975. The molecule has 1 atom stereocenters. The standard InChI is InChI=1S/C23H23ClN2O5S2/c1-17(18-8-14-21(15-9-18)32(2,28)29)25-23(27)16-26(20-12-10-19(24)11-13-20)33(30,31)22-6-4-3-5-7-22/h3-15,17H,16H2,1-2H3,(H,25,27). The molecule has 0 fully saturated rings. The van der Waals surface area contributed by atoms with Crippen molar-refractivity contribution in [3.63, 3.8) is 0 Å². The van der Waals surface area contributed by atoms with Crippen LogP contribution < -0.4 is 9.62 Å². The zero-order valence-electron chi connectivity index (χ0n) is 18.0. The van der Waals surface area contributed by atoms with E-state index in [1.807, 2.05) is 0 Å². The Kier molecular flexibility index (Phi) is 7.46. The topological polar surface area (TPSA) is 101 Å². The molecule has 1 unspecified atom stereocenters. The van der Waals surface area contributed by atoms with Gasteiger partial charge in [0, 0.05) is 11.3 Å². The fourth-order valence-corrected chi connectivity index (χ4v) is 5.35. The number of nitrogens with one attached hydrogen (secondary N) is 1. The van der Waals surface area contributed by atoms with E-state index in [2.05, 4.69) is 5.32 Å². The maximum Gasteiger partial charge on any atom is 0.264 e. The van der Waals surface area contributed by atoms with Crippen LogP contribution in [0.5, 0.6) is 0 Å². The zero-order valence-corrected chi connectivity index (χ0v) is 20.4. The molecule has 3 rings (SSSR count). The second-order valence-electron chi connectivity index (χ2n) is 7.43. The van der Waals surface area contributed by atoms with Crippen LogP contribution in [-0.4, -0.2) is 35.5 Å². The van der Waals surface area contributed by atoms with E-state index < -0.39 is 38.4 Å². The Balaban J connectivity index is 1.84. The minimum absolute atomic E-state index is 0.0529. The van der Waals surface area contributed by atoms with Crippen LogP contribution in [0, 0.1) is 0 Å². The molecular weight excluding hydrogens is 484 g/mol. The number of amides is 1. The lowest BCUT2D eigenvalue weighted by Gasteiger charge is -2.25. The van der Waals surface area contributed by atoms with Gasteiger partial charge in [0.1, 0.15) is 6.54 Å². The summed E-state index contributed by atoms with van der Waals surface area (Å²) in [6, 6.07) is 19.7. The molecule has 174 valence electrons. The first-order valence-electron chi connectivity index (χ1n) is 9.91. The van der Waals surface area contributed by atoms with Crippen molar-refractivity contribution in [3.05, 3.63) is 89.4 Å². The number of nitrogens with zero attached hydrogens (tertiary/aromatic N) is 1. The second kappa shape index (κ2) is 9.94. The monoisotopic (exact) mass is 506 g/mol. The van der Waals surface area contributed by atoms with Crippen LogP contribution in [0.4, 0.5) is 5.69 Å². The molecule has 0 aliphatic carbocycles. The lowest BCUT2D eigenvalue weighted by atomic mass is 10.1. The number of sulfone groups is 1. The Morgan fingerprint density at radius 2 is 1.45 bits per heavy atom. The third-order valence-electron chi connectivity index (χ3n) is 4.92. The first-order chi connectivity index (χ1) is 15.5. The van der Waals surface area contributed by atoms with E-state index in [4.69, 9.17) is 11.6 Å². The van der Waals surface area contributed by atoms with E-state index in [0.29, 0.717) is 16.3 Å². The molecule has 0 aliphatic heterocycles. The maximum atomic E-state index is 13.3. The summed E-state index contributed by atoms with van der Waals surface area (Å²) in [6.07, 6.45) is 1.12. The molecule has 10 heteroatoms. The molecule has 0 aromatic heterocycles. The molecule has 33 heavy (non-hydrogen) atoms. The molecule has 0 saturated heterocycles. The summed E-state index contributed by atoms with van der Waals surface area (Å²) < 4.78 is 50.9. The molecule has 1 amide bonds. The Morgan fingerprint density at radius 1 is 0.879 bits per heavy atom. The fourth-order valence-electron chi connectivity index (χ4n) is 3.15. The summed E-state index contributed by atoms with van der Waals surface area (Å²) in [4.78, 5) is 13.1. The van der Waals surface area contributed by atoms with Gasteiger partial charge in [0.15, 0.2) is 9.84 Å². The molecule has 0 aliphatic rings. The number of carbonyl (C=O) groups excluding carboxylic acids is 1. The largest absolute Gasteiger partial charge is 0.348 e. The van der Waals surface area contributed by atoms with E-state index in [0.717, 1.165) is 10.6 Å². The highest BCUT2D eigenvalue weighted by atomic mass is 35.5. The zero-order chi connectivity index (χ0) is 24.2. The van der Waals surface area contributed by atoms with Crippen molar-refractivity contribution in [1.29, 1.82) is 0 Å². The molecule has 0 spiro atoms. The predicted molar refractivity (Wildman–Crippen MR) is 129 cm³/mol. The number of sulfonamides is 1. The van der Waals surface area contributed by atoms with E-state index in [1.165, 1.54) is 36.4 Å². The van der Waals surface area contributed by atoms with Crippen molar-refractivity contribution in [3.8, 4) is 0 Å². The number of hydrogen-bond donors (Lipinski definition) is 1. The van der Waals surface area contributed by atoms with Crippen LogP contribution >= 0.6 is 11.6 Å². The number of rotatable bonds is 8. The average Bonchev–Trinajstić information content (AvgIpc) is 2.78. The first kappa shape index (κ1) is 24.8.